The minimum absolute atomic E-state index is 0.0260. The number of nitrogens with zero attached hydrogens (tertiary/aromatic N) is 3. The van der Waals surface area contributed by atoms with Gasteiger partial charge in [0, 0.05) is 24.8 Å². The van der Waals surface area contributed by atoms with E-state index in [1.165, 1.54) is 4.57 Å². The molecule has 8 heteroatoms. The topological polar surface area (TPSA) is 68.9 Å². The Kier molecular flexibility index (Phi) is 4.93. The van der Waals surface area contributed by atoms with Gasteiger partial charge in [-0.05, 0) is 42.7 Å². The Morgan fingerprint density at radius 3 is 2.61 bits per heavy atom. The van der Waals surface area contributed by atoms with E-state index in [1.807, 2.05) is 0 Å². The molecular weight excluding hydrogens is 366 g/mol. The van der Waals surface area contributed by atoms with Gasteiger partial charge in [0.1, 0.15) is 18.2 Å². The third-order valence-electron chi connectivity index (χ3n) is 5.13. The van der Waals surface area contributed by atoms with Crippen LogP contribution in [-0.4, -0.2) is 20.0 Å². The standard InChI is InChI=1S/C20H20F2N4O2/c21-14-8-13(9-15(22)10-14)11-24-18(27)12-25-17-6-3-7-23-19(17)26(20(25)28)16-4-1-2-5-16/h3,6-10,16H,1-2,4-5,11-12H2,(H,24,27). The van der Waals surface area contributed by atoms with Crippen LogP contribution in [0.5, 0.6) is 0 Å². The first kappa shape index (κ1) is 18.3. The molecule has 0 saturated heterocycles. The average Bonchev–Trinajstić information content (AvgIpc) is 3.26. The zero-order chi connectivity index (χ0) is 19.7. The number of halogens is 2. The quantitative estimate of drug-likeness (QED) is 0.733. The molecule has 1 N–H and O–H groups in total. The van der Waals surface area contributed by atoms with E-state index in [0.29, 0.717) is 16.7 Å². The fraction of sp³-hybridized carbons (Fsp3) is 0.350. The Bertz CT molecular complexity index is 1060. The molecule has 0 radical (unpaired) electrons. The van der Waals surface area contributed by atoms with Crippen molar-refractivity contribution in [3.05, 3.63) is 64.2 Å². The number of imidazole rings is 1. The number of carbonyl (C=O) groups is 1. The summed E-state index contributed by atoms with van der Waals surface area (Å²) in [6, 6.07) is 6.69. The van der Waals surface area contributed by atoms with Crippen molar-refractivity contribution >= 4 is 17.1 Å². The highest BCUT2D eigenvalue weighted by molar-refractivity contribution is 5.79. The molecule has 0 spiro atoms. The van der Waals surface area contributed by atoms with Crippen LogP contribution in [0.4, 0.5) is 8.78 Å². The normalized spacial score (nSPS) is 14.6. The van der Waals surface area contributed by atoms with E-state index >= 15 is 0 Å². The molecule has 1 aliphatic carbocycles. The monoisotopic (exact) mass is 386 g/mol. The molecule has 2 aromatic heterocycles. The van der Waals surface area contributed by atoms with Gasteiger partial charge >= 0.3 is 5.69 Å². The van der Waals surface area contributed by atoms with Gasteiger partial charge in [0.2, 0.25) is 5.91 Å². The summed E-state index contributed by atoms with van der Waals surface area (Å²) in [5, 5.41) is 2.61. The molecule has 3 aromatic rings. The zero-order valence-corrected chi connectivity index (χ0v) is 15.2. The van der Waals surface area contributed by atoms with E-state index in [4.69, 9.17) is 0 Å². The number of fused-ring (bicyclic) bond motifs is 1. The zero-order valence-electron chi connectivity index (χ0n) is 15.2. The van der Waals surface area contributed by atoms with Gasteiger partial charge in [-0.25, -0.2) is 18.6 Å². The Hall–Kier alpha value is -3.03. The summed E-state index contributed by atoms with van der Waals surface area (Å²) in [5.41, 5.74) is 1.24. The molecule has 1 fully saturated rings. The van der Waals surface area contributed by atoms with Crippen LogP contribution in [-0.2, 0) is 17.9 Å². The lowest BCUT2D eigenvalue weighted by molar-refractivity contribution is -0.121. The maximum absolute atomic E-state index is 13.3. The number of aromatic nitrogens is 3. The summed E-state index contributed by atoms with van der Waals surface area (Å²) in [6.45, 7) is -0.208. The van der Waals surface area contributed by atoms with Crippen molar-refractivity contribution in [3.8, 4) is 0 Å². The third-order valence-corrected chi connectivity index (χ3v) is 5.13. The first-order chi connectivity index (χ1) is 13.5. The maximum Gasteiger partial charge on any atom is 0.331 e. The summed E-state index contributed by atoms with van der Waals surface area (Å²) in [6.07, 6.45) is 5.62. The molecule has 28 heavy (non-hydrogen) atoms. The van der Waals surface area contributed by atoms with Crippen molar-refractivity contribution in [1.29, 1.82) is 0 Å². The van der Waals surface area contributed by atoms with Crippen molar-refractivity contribution in [2.45, 2.75) is 44.8 Å². The Morgan fingerprint density at radius 2 is 1.89 bits per heavy atom. The molecule has 0 unspecified atom stereocenters. The van der Waals surface area contributed by atoms with Gasteiger partial charge in [-0.3, -0.25) is 13.9 Å². The molecular formula is C20H20F2N4O2. The number of hydrogen-bond acceptors (Lipinski definition) is 3. The molecule has 1 aromatic carbocycles. The number of hydrogen-bond donors (Lipinski definition) is 1. The molecule has 0 atom stereocenters. The minimum Gasteiger partial charge on any atom is -0.350 e. The number of rotatable bonds is 5. The second kappa shape index (κ2) is 7.53. The van der Waals surface area contributed by atoms with Gasteiger partial charge in [0.15, 0.2) is 5.65 Å². The molecule has 0 bridgehead atoms. The average molecular weight is 386 g/mol. The highest BCUT2D eigenvalue weighted by Crippen LogP contribution is 2.30. The van der Waals surface area contributed by atoms with Crippen LogP contribution in [0.2, 0.25) is 0 Å². The summed E-state index contributed by atoms with van der Waals surface area (Å²) in [7, 11) is 0. The second-order valence-corrected chi connectivity index (χ2v) is 7.08. The number of amides is 1. The van der Waals surface area contributed by atoms with Crippen LogP contribution in [0, 0.1) is 11.6 Å². The van der Waals surface area contributed by atoms with Crippen LogP contribution >= 0.6 is 0 Å². The lowest BCUT2D eigenvalue weighted by Crippen LogP contribution is -2.33. The van der Waals surface area contributed by atoms with Gasteiger partial charge in [0.25, 0.3) is 0 Å². The highest BCUT2D eigenvalue weighted by atomic mass is 19.1. The van der Waals surface area contributed by atoms with Gasteiger partial charge in [-0.1, -0.05) is 12.8 Å². The first-order valence-corrected chi connectivity index (χ1v) is 9.30. The Labute approximate surface area is 159 Å². The molecule has 0 aliphatic heterocycles. The molecule has 6 nitrogen and oxygen atoms in total. The van der Waals surface area contributed by atoms with Gasteiger partial charge in [-0.15, -0.1) is 0 Å². The van der Waals surface area contributed by atoms with E-state index in [1.54, 1.807) is 22.9 Å². The Morgan fingerprint density at radius 1 is 1.18 bits per heavy atom. The predicted octanol–water partition coefficient (Wildman–Crippen LogP) is 2.91. The largest absolute Gasteiger partial charge is 0.350 e. The highest BCUT2D eigenvalue weighted by Gasteiger charge is 2.24. The number of carbonyl (C=O) groups excluding carboxylic acids is 1. The van der Waals surface area contributed by atoms with Crippen molar-refractivity contribution in [1.82, 2.24) is 19.4 Å². The molecule has 146 valence electrons. The second-order valence-electron chi connectivity index (χ2n) is 7.08. The van der Waals surface area contributed by atoms with E-state index in [2.05, 4.69) is 10.3 Å². The number of pyridine rings is 1. The summed E-state index contributed by atoms with van der Waals surface area (Å²) in [5.74, 6) is -1.82. The lowest BCUT2D eigenvalue weighted by atomic mass is 10.2. The van der Waals surface area contributed by atoms with Gasteiger partial charge in [-0.2, -0.15) is 0 Å². The van der Waals surface area contributed by atoms with E-state index in [9.17, 15) is 18.4 Å². The van der Waals surface area contributed by atoms with E-state index in [-0.39, 0.29) is 24.8 Å². The maximum atomic E-state index is 13.3. The molecule has 1 saturated carbocycles. The first-order valence-electron chi connectivity index (χ1n) is 9.30. The van der Waals surface area contributed by atoms with Crippen molar-refractivity contribution in [2.24, 2.45) is 0 Å². The smallest absolute Gasteiger partial charge is 0.331 e. The predicted molar refractivity (Wildman–Crippen MR) is 99.7 cm³/mol. The fourth-order valence-electron chi connectivity index (χ4n) is 3.87. The van der Waals surface area contributed by atoms with Crippen molar-refractivity contribution < 1.29 is 13.6 Å². The molecule has 1 amide bonds. The summed E-state index contributed by atoms with van der Waals surface area (Å²) >= 11 is 0. The summed E-state index contributed by atoms with van der Waals surface area (Å²) < 4.78 is 29.6. The minimum atomic E-state index is -0.703. The molecule has 1 aliphatic rings. The SMILES string of the molecule is O=C(Cn1c(=O)n(C2CCCC2)c2ncccc21)NCc1cc(F)cc(F)c1. The fourth-order valence-corrected chi connectivity index (χ4v) is 3.87. The number of nitrogens with one attached hydrogen (secondary N) is 1. The Balaban J connectivity index is 1.56. The van der Waals surface area contributed by atoms with E-state index in [0.717, 1.165) is 43.9 Å². The van der Waals surface area contributed by atoms with Crippen LogP contribution in [0.15, 0.2) is 41.3 Å². The third kappa shape index (κ3) is 3.54. The van der Waals surface area contributed by atoms with Gasteiger partial charge < -0.3 is 5.32 Å². The summed E-state index contributed by atoms with van der Waals surface area (Å²) in [4.78, 5) is 29.7. The van der Waals surface area contributed by atoms with Crippen molar-refractivity contribution in [3.63, 3.8) is 0 Å². The van der Waals surface area contributed by atoms with Gasteiger partial charge in [0.05, 0.1) is 5.52 Å². The number of benzene rings is 1. The van der Waals surface area contributed by atoms with E-state index < -0.39 is 17.5 Å². The van der Waals surface area contributed by atoms with Crippen LogP contribution < -0.4 is 11.0 Å². The van der Waals surface area contributed by atoms with Crippen LogP contribution in [0.3, 0.4) is 0 Å². The van der Waals surface area contributed by atoms with Crippen LogP contribution in [0.25, 0.3) is 11.2 Å². The molecule has 2 heterocycles. The lowest BCUT2D eigenvalue weighted by Gasteiger charge is -2.10. The molecule has 4 rings (SSSR count). The van der Waals surface area contributed by atoms with Crippen LogP contribution in [0.1, 0.15) is 37.3 Å². The van der Waals surface area contributed by atoms with Crippen molar-refractivity contribution in [2.75, 3.05) is 0 Å².